The highest BCUT2D eigenvalue weighted by molar-refractivity contribution is 6.57. The van der Waals surface area contributed by atoms with Crippen molar-refractivity contribution in [2.24, 2.45) is 0 Å². The molecule has 0 aliphatic heterocycles. The van der Waals surface area contributed by atoms with Gasteiger partial charge in [0.2, 0.25) is 0 Å². The topological polar surface area (TPSA) is 36.7 Å². The van der Waals surface area contributed by atoms with Crippen LogP contribution in [0.15, 0.2) is 18.3 Å². The highest BCUT2D eigenvalue weighted by Gasteiger charge is 2.23. The van der Waals surface area contributed by atoms with E-state index in [1.54, 1.807) is 0 Å². The summed E-state index contributed by atoms with van der Waals surface area (Å²) in [5, 5.41) is 8.35. The molecule has 6 heteroatoms. The lowest BCUT2D eigenvalue weighted by Crippen LogP contribution is -2.20. The minimum absolute atomic E-state index is 0.0229. The number of rotatable bonds is 3. The Balaban J connectivity index is 2.79. The van der Waals surface area contributed by atoms with Gasteiger partial charge < -0.3 is 12.9 Å². The summed E-state index contributed by atoms with van der Waals surface area (Å²) < 4.78 is 36.0. The van der Waals surface area contributed by atoms with Crippen LogP contribution in [0.5, 0.6) is 0 Å². The van der Waals surface area contributed by atoms with Crippen LogP contribution in [0.2, 0.25) is 0 Å². The van der Waals surface area contributed by atoms with Crippen molar-refractivity contribution in [3.63, 3.8) is 0 Å². The first kappa shape index (κ1) is 10.6. The number of halogens is 3. The molecule has 0 aliphatic rings. The second-order valence-electron chi connectivity index (χ2n) is 2.90. The molecule has 1 aromatic heterocycles. The number of hydrogen-bond donors (Lipinski definition) is 0. The number of nitrogens with zero attached hydrogens (tertiary/aromatic N) is 2. The predicted molar refractivity (Wildman–Crippen MR) is 46.3 cm³/mol. The number of aromatic nitrogens is 1. The Morgan fingerprint density at radius 2 is 2.14 bits per heavy atom. The fourth-order valence-electron chi connectivity index (χ4n) is 1.08. The Bertz CT molecular complexity index is 356. The number of hydrogen-bond acceptors (Lipinski definition) is 2. The zero-order valence-corrected chi connectivity index (χ0v) is 7.25. The van der Waals surface area contributed by atoms with Gasteiger partial charge in [0.15, 0.2) is 0 Å². The van der Waals surface area contributed by atoms with E-state index in [-0.39, 0.29) is 12.1 Å². The predicted octanol–water partition coefficient (Wildman–Crippen LogP) is 2.08. The molecule has 0 atom stereocenters. The van der Waals surface area contributed by atoms with E-state index in [2.05, 4.69) is 4.98 Å². The summed E-state index contributed by atoms with van der Waals surface area (Å²) in [7, 11) is 0. The SMILES string of the molecule is N#CCc1ccnc(C[B-](F)(F)F)c1. The quantitative estimate of drug-likeness (QED) is 0.698. The van der Waals surface area contributed by atoms with Gasteiger partial charge in [0, 0.05) is 11.9 Å². The summed E-state index contributed by atoms with van der Waals surface area (Å²) in [6.07, 6.45) is 0.420. The van der Waals surface area contributed by atoms with Gasteiger partial charge in [-0.25, -0.2) is 0 Å². The highest BCUT2D eigenvalue weighted by atomic mass is 19.4. The number of nitriles is 1. The van der Waals surface area contributed by atoms with Crippen LogP contribution >= 0.6 is 0 Å². The monoisotopic (exact) mass is 199 g/mol. The van der Waals surface area contributed by atoms with Gasteiger partial charge in [0.25, 0.3) is 0 Å². The van der Waals surface area contributed by atoms with Gasteiger partial charge in [0.05, 0.1) is 12.5 Å². The summed E-state index contributed by atoms with van der Waals surface area (Å²) in [6.45, 7) is -4.85. The molecule has 0 aliphatic carbocycles. The molecule has 0 aromatic carbocycles. The lowest BCUT2D eigenvalue weighted by Gasteiger charge is -2.12. The first-order chi connectivity index (χ1) is 6.51. The smallest absolute Gasteiger partial charge is 0.449 e. The van der Waals surface area contributed by atoms with Gasteiger partial charge in [0.1, 0.15) is 0 Å². The van der Waals surface area contributed by atoms with Gasteiger partial charge in [-0.15, -0.1) is 0 Å². The zero-order chi connectivity index (χ0) is 10.6. The van der Waals surface area contributed by atoms with E-state index in [1.807, 2.05) is 6.07 Å². The Labute approximate surface area is 79.4 Å². The minimum Gasteiger partial charge on any atom is -0.449 e. The Hall–Kier alpha value is -1.51. The molecule has 0 bridgehead atoms. The Kier molecular flexibility index (Phi) is 3.12. The van der Waals surface area contributed by atoms with Gasteiger partial charge in [-0.05, 0) is 24.0 Å². The summed E-state index contributed by atoms with van der Waals surface area (Å²) in [4.78, 5) is 3.59. The van der Waals surface area contributed by atoms with Crippen LogP contribution in [0.25, 0.3) is 0 Å². The van der Waals surface area contributed by atoms with Crippen LogP contribution in [-0.4, -0.2) is 12.0 Å². The molecule has 0 radical (unpaired) electrons. The highest BCUT2D eigenvalue weighted by Crippen LogP contribution is 2.15. The fraction of sp³-hybridized carbons (Fsp3) is 0.250. The summed E-state index contributed by atoms with van der Waals surface area (Å²) in [6, 6.07) is 4.73. The summed E-state index contributed by atoms with van der Waals surface area (Å²) in [5.41, 5.74) is 0.544. The molecule has 0 spiro atoms. The average molecular weight is 199 g/mol. The Morgan fingerprint density at radius 3 is 2.71 bits per heavy atom. The molecule has 0 amide bonds. The van der Waals surface area contributed by atoms with E-state index < -0.39 is 13.3 Å². The van der Waals surface area contributed by atoms with Crippen molar-refractivity contribution in [2.75, 3.05) is 0 Å². The van der Waals surface area contributed by atoms with Crippen LogP contribution < -0.4 is 0 Å². The molecule has 2 nitrogen and oxygen atoms in total. The van der Waals surface area contributed by atoms with Crippen molar-refractivity contribution in [3.05, 3.63) is 29.6 Å². The van der Waals surface area contributed by atoms with E-state index in [0.717, 1.165) is 0 Å². The first-order valence-electron chi connectivity index (χ1n) is 4.03. The van der Waals surface area contributed by atoms with Crippen LogP contribution in [0.3, 0.4) is 0 Å². The normalized spacial score (nSPS) is 11.0. The maximum atomic E-state index is 12.0. The van der Waals surface area contributed by atoms with Gasteiger partial charge in [-0.1, -0.05) is 0 Å². The fourth-order valence-corrected chi connectivity index (χ4v) is 1.08. The second kappa shape index (κ2) is 4.14. The van der Waals surface area contributed by atoms with E-state index in [1.165, 1.54) is 18.3 Å². The third-order valence-corrected chi connectivity index (χ3v) is 1.60. The lowest BCUT2D eigenvalue weighted by molar-refractivity contribution is 0.467. The van der Waals surface area contributed by atoms with E-state index in [4.69, 9.17) is 5.26 Å². The van der Waals surface area contributed by atoms with E-state index in [0.29, 0.717) is 5.56 Å². The third-order valence-electron chi connectivity index (χ3n) is 1.60. The van der Waals surface area contributed by atoms with E-state index in [9.17, 15) is 12.9 Å². The van der Waals surface area contributed by atoms with Crippen LogP contribution in [0.4, 0.5) is 12.9 Å². The Morgan fingerprint density at radius 1 is 1.43 bits per heavy atom. The van der Waals surface area contributed by atoms with E-state index >= 15 is 0 Å². The maximum Gasteiger partial charge on any atom is 0.484 e. The maximum absolute atomic E-state index is 12.0. The molecule has 0 fully saturated rings. The summed E-state index contributed by atoms with van der Waals surface area (Å²) >= 11 is 0. The molecule has 0 saturated carbocycles. The minimum atomic E-state index is -4.85. The van der Waals surface area contributed by atoms with Crippen LogP contribution in [-0.2, 0) is 12.7 Å². The number of pyridine rings is 1. The standard InChI is InChI=1S/C8H7BF3N2/c10-9(11,12)6-8-5-7(1-3-13)2-4-14-8/h2,4-5H,1,6H2/q-1. The summed E-state index contributed by atoms with van der Waals surface area (Å²) in [5.74, 6) is 0. The van der Waals surface area contributed by atoms with Crippen molar-refractivity contribution in [1.29, 1.82) is 5.26 Å². The molecular formula is C8H7BF3N2-. The van der Waals surface area contributed by atoms with Gasteiger partial charge in [-0.3, -0.25) is 4.98 Å². The van der Waals surface area contributed by atoms with Crippen molar-refractivity contribution in [3.8, 4) is 6.07 Å². The lowest BCUT2D eigenvalue weighted by atomic mass is 9.84. The molecule has 1 rings (SSSR count). The average Bonchev–Trinajstić information content (AvgIpc) is 2.02. The van der Waals surface area contributed by atoms with Gasteiger partial charge >= 0.3 is 6.98 Å². The zero-order valence-electron chi connectivity index (χ0n) is 7.25. The van der Waals surface area contributed by atoms with Crippen LogP contribution in [0, 0.1) is 11.3 Å². The van der Waals surface area contributed by atoms with Crippen molar-refractivity contribution < 1.29 is 12.9 Å². The largest absolute Gasteiger partial charge is 0.484 e. The first-order valence-corrected chi connectivity index (χ1v) is 4.03. The third kappa shape index (κ3) is 3.48. The van der Waals surface area contributed by atoms with Crippen molar-refractivity contribution >= 4 is 6.98 Å². The molecule has 74 valence electrons. The molecule has 0 saturated heterocycles. The van der Waals surface area contributed by atoms with Crippen molar-refractivity contribution in [2.45, 2.75) is 12.7 Å². The molecule has 0 unspecified atom stereocenters. The van der Waals surface area contributed by atoms with Crippen molar-refractivity contribution in [1.82, 2.24) is 4.98 Å². The molecular weight excluding hydrogens is 192 g/mol. The molecule has 0 N–H and O–H groups in total. The second-order valence-corrected chi connectivity index (χ2v) is 2.90. The molecule has 1 aromatic rings. The van der Waals surface area contributed by atoms with Gasteiger partial charge in [-0.2, -0.15) is 5.26 Å². The molecule has 1 heterocycles. The molecule has 14 heavy (non-hydrogen) atoms. The van der Waals surface area contributed by atoms with Crippen LogP contribution in [0.1, 0.15) is 11.3 Å².